The van der Waals surface area contributed by atoms with Crippen LogP contribution in [0.25, 0.3) is 5.57 Å². The topological polar surface area (TPSA) is 55.9 Å². The van der Waals surface area contributed by atoms with Gasteiger partial charge in [0.1, 0.15) is 5.70 Å². The highest BCUT2D eigenvalue weighted by Crippen LogP contribution is 2.41. The number of anilines is 2. The van der Waals surface area contributed by atoms with E-state index in [2.05, 4.69) is 22.2 Å². The fraction of sp³-hybridized carbons (Fsp3) is 0.273. The third-order valence-corrected chi connectivity index (χ3v) is 5.77. The number of nitrogens with zero attached hydrogens (tertiary/aromatic N) is 3. The summed E-state index contributed by atoms with van der Waals surface area (Å²) >= 11 is 0. The molecular formula is C22H22N4O2. The van der Waals surface area contributed by atoms with Gasteiger partial charge in [0.15, 0.2) is 0 Å². The van der Waals surface area contributed by atoms with E-state index in [1.165, 1.54) is 0 Å². The van der Waals surface area contributed by atoms with E-state index in [0.717, 1.165) is 43.1 Å². The van der Waals surface area contributed by atoms with E-state index in [1.807, 2.05) is 42.5 Å². The summed E-state index contributed by atoms with van der Waals surface area (Å²) in [5, 5.41) is 3.19. The average Bonchev–Trinajstić information content (AvgIpc) is 3.18. The van der Waals surface area contributed by atoms with E-state index in [-0.39, 0.29) is 11.7 Å². The van der Waals surface area contributed by atoms with E-state index < -0.39 is 0 Å². The molecule has 2 aromatic carbocycles. The number of fused-ring (bicyclic) bond motifs is 2. The van der Waals surface area contributed by atoms with Gasteiger partial charge >= 0.3 is 0 Å². The van der Waals surface area contributed by atoms with E-state index in [4.69, 9.17) is 0 Å². The molecule has 0 atom stereocenters. The summed E-state index contributed by atoms with van der Waals surface area (Å²) in [7, 11) is 2.12. The van der Waals surface area contributed by atoms with Crippen LogP contribution in [0.4, 0.5) is 11.4 Å². The number of likely N-dealkylation sites (N-methyl/N-ethyl adjacent to an activating group) is 1. The van der Waals surface area contributed by atoms with Crippen LogP contribution < -0.4 is 10.2 Å². The van der Waals surface area contributed by atoms with Gasteiger partial charge in [-0.2, -0.15) is 0 Å². The fourth-order valence-electron chi connectivity index (χ4n) is 4.14. The Labute approximate surface area is 164 Å². The number of amides is 1. The Morgan fingerprint density at radius 3 is 2.32 bits per heavy atom. The molecule has 1 amide bonds. The molecule has 142 valence electrons. The average molecular weight is 374 g/mol. The summed E-state index contributed by atoms with van der Waals surface area (Å²) in [6.45, 7) is 4.38. The lowest BCUT2D eigenvalue weighted by atomic mass is 10.0. The predicted molar refractivity (Wildman–Crippen MR) is 109 cm³/mol. The van der Waals surface area contributed by atoms with Gasteiger partial charge in [-0.25, -0.2) is 0 Å². The van der Waals surface area contributed by atoms with Crippen LogP contribution in [-0.2, 0) is 4.79 Å². The first-order valence-electron chi connectivity index (χ1n) is 9.60. The molecule has 2 aromatic rings. The molecule has 0 aromatic heterocycles. The quantitative estimate of drug-likeness (QED) is 0.818. The van der Waals surface area contributed by atoms with Crippen LogP contribution in [0.2, 0.25) is 0 Å². The SMILES string of the molecule is CN1CCN(CN2C(=O)/C(=C3\Nc4ccccc4C3=O)c3ccccc32)CC1. The number of piperazine rings is 1. The number of nitrogens with one attached hydrogen (secondary N) is 1. The van der Waals surface area contributed by atoms with Crippen molar-refractivity contribution in [3.63, 3.8) is 0 Å². The van der Waals surface area contributed by atoms with Crippen molar-refractivity contribution in [2.75, 3.05) is 50.1 Å². The van der Waals surface area contributed by atoms with Crippen molar-refractivity contribution in [1.29, 1.82) is 0 Å². The van der Waals surface area contributed by atoms with Crippen molar-refractivity contribution in [1.82, 2.24) is 9.80 Å². The summed E-state index contributed by atoms with van der Waals surface area (Å²) < 4.78 is 0. The maximum absolute atomic E-state index is 13.4. The highest BCUT2D eigenvalue weighted by molar-refractivity contribution is 6.39. The highest BCUT2D eigenvalue weighted by Gasteiger charge is 2.39. The monoisotopic (exact) mass is 374 g/mol. The molecule has 0 aliphatic carbocycles. The molecule has 0 bridgehead atoms. The zero-order valence-corrected chi connectivity index (χ0v) is 15.8. The number of carbonyl (C=O) groups excluding carboxylic acids is 2. The number of ketones is 1. The molecular weight excluding hydrogens is 352 g/mol. The van der Waals surface area contributed by atoms with Gasteiger partial charge in [0.05, 0.1) is 17.9 Å². The smallest absolute Gasteiger partial charge is 0.262 e. The third-order valence-electron chi connectivity index (χ3n) is 5.77. The van der Waals surface area contributed by atoms with Crippen molar-refractivity contribution in [3.05, 3.63) is 65.4 Å². The lowest BCUT2D eigenvalue weighted by Crippen LogP contribution is -2.49. The van der Waals surface area contributed by atoms with E-state index in [1.54, 1.807) is 11.0 Å². The predicted octanol–water partition coefficient (Wildman–Crippen LogP) is 2.26. The minimum Gasteiger partial charge on any atom is -0.351 e. The van der Waals surface area contributed by atoms with Crippen LogP contribution in [0.1, 0.15) is 15.9 Å². The van der Waals surface area contributed by atoms with E-state index >= 15 is 0 Å². The number of para-hydroxylation sites is 2. The Hall–Kier alpha value is -2.96. The van der Waals surface area contributed by atoms with Crippen molar-refractivity contribution in [2.24, 2.45) is 0 Å². The second-order valence-electron chi connectivity index (χ2n) is 7.56. The maximum atomic E-state index is 13.4. The van der Waals surface area contributed by atoms with Gasteiger partial charge < -0.3 is 10.2 Å². The number of hydrogen-bond donors (Lipinski definition) is 1. The van der Waals surface area contributed by atoms with E-state index in [0.29, 0.717) is 23.5 Å². The number of Topliss-reactive ketones (excluding diaryl/α,β-unsaturated/α-hetero) is 1. The molecule has 1 N–H and O–H groups in total. The number of rotatable bonds is 2. The minimum absolute atomic E-state index is 0.108. The Kier molecular flexibility index (Phi) is 4.03. The van der Waals surface area contributed by atoms with Crippen molar-refractivity contribution >= 4 is 28.6 Å². The van der Waals surface area contributed by atoms with Gasteiger partial charge in [-0.05, 0) is 25.2 Å². The maximum Gasteiger partial charge on any atom is 0.262 e. The van der Waals surface area contributed by atoms with Crippen molar-refractivity contribution < 1.29 is 9.59 Å². The molecule has 0 saturated carbocycles. The molecule has 0 radical (unpaired) electrons. The summed E-state index contributed by atoms with van der Waals surface area (Å²) in [6, 6.07) is 15.1. The van der Waals surface area contributed by atoms with Gasteiger partial charge in [0.25, 0.3) is 5.91 Å². The Morgan fingerprint density at radius 2 is 1.57 bits per heavy atom. The second-order valence-corrected chi connectivity index (χ2v) is 7.56. The van der Waals surface area contributed by atoms with Crippen LogP contribution >= 0.6 is 0 Å². The van der Waals surface area contributed by atoms with Gasteiger partial charge in [0, 0.05) is 43.0 Å². The molecule has 1 saturated heterocycles. The van der Waals surface area contributed by atoms with Gasteiger partial charge in [-0.3, -0.25) is 19.4 Å². The molecule has 6 heteroatoms. The molecule has 28 heavy (non-hydrogen) atoms. The fourth-order valence-corrected chi connectivity index (χ4v) is 4.14. The first-order chi connectivity index (χ1) is 13.6. The van der Waals surface area contributed by atoms with Crippen LogP contribution in [0.3, 0.4) is 0 Å². The molecule has 3 aliphatic rings. The van der Waals surface area contributed by atoms with Gasteiger partial charge in [-0.1, -0.05) is 30.3 Å². The molecule has 3 aliphatic heterocycles. The minimum atomic E-state index is -0.116. The standard InChI is InChI=1S/C22H22N4O2/c1-24-10-12-25(13-11-24)14-26-18-9-5-3-7-16(18)19(22(26)28)20-21(27)15-6-2-4-8-17(15)23-20/h2-9,23H,10-14H2,1H3/b20-19-. The molecule has 1 fully saturated rings. The second kappa shape index (κ2) is 6.58. The lowest BCUT2D eigenvalue weighted by molar-refractivity contribution is -0.113. The largest absolute Gasteiger partial charge is 0.351 e. The Morgan fingerprint density at radius 1 is 0.893 bits per heavy atom. The van der Waals surface area contributed by atoms with Crippen LogP contribution in [0.15, 0.2) is 54.2 Å². The number of carbonyl (C=O) groups is 2. The summed E-state index contributed by atoms with van der Waals surface area (Å²) in [6.07, 6.45) is 0. The molecule has 3 heterocycles. The normalized spacial score (nSPS) is 22.4. The number of allylic oxidation sites excluding steroid dienone is 1. The molecule has 0 unspecified atom stereocenters. The number of benzene rings is 2. The first kappa shape index (κ1) is 17.2. The highest BCUT2D eigenvalue weighted by atomic mass is 16.2. The summed E-state index contributed by atoms with van der Waals surface area (Å²) in [5.74, 6) is -0.223. The zero-order valence-electron chi connectivity index (χ0n) is 15.8. The van der Waals surface area contributed by atoms with Gasteiger partial charge in [-0.15, -0.1) is 0 Å². The van der Waals surface area contributed by atoms with Crippen molar-refractivity contribution in [3.8, 4) is 0 Å². The number of hydrogen-bond acceptors (Lipinski definition) is 5. The van der Waals surface area contributed by atoms with Crippen molar-refractivity contribution in [2.45, 2.75) is 0 Å². The lowest BCUT2D eigenvalue weighted by Gasteiger charge is -2.34. The molecule has 0 spiro atoms. The molecule has 6 nitrogen and oxygen atoms in total. The van der Waals surface area contributed by atoms with E-state index in [9.17, 15) is 9.59 Å². The van der Waals surface area contributed by atoms with Crippen LogP contribution in [-0.4, -0.2) is 61.4 Å². The van der Waals surface area contributed by atoms with Gasteiger partial charge in [0.2, 0.25) is 5.78 Å². The first-order valence-corrected chi connectivity index (χ1v) is 9.60. The Bertz CT molecular complexity index is 1010. The zero-order chi connectivity index (χ0) is 19.3. The van der Waals surface area contributed by atoms with Crippen LogP contribution in [0, 0.1) is 0 Å². The third kappa shape index (κ3) is 2.65. The molecule has 5 rings (SSSR count). The summed E-state index contributed by atoms with van der Waals surface area (Å²) in [5.41, 5.74) is 3.95. The van der Waals surface area contributed by atoms with Crippen LogP contribution in [0.5, 0.6) is 0 Å². The summed E-state index contributed by atoms with van der Waals surface area (Å²) in [4.78, 5) is 32.8. The Balaban J connectivity index is 1.53.